The summed E-state index contributed by atoms with van der Waals surface area (Å²) in [5.74, 6) is 6.34. The molecule has 2 N–H and O–H groups in total. The second-order valence-corrected chi connectivity index (χ2v) is 5.55. The van der Waals surface area contributed by atoms with E-state index >= 15 is 0 Å². The SMILES string of the molecule is CCOC(=O)CSc1nnc(-c2ccccc2Br)n1N. The van der Waals surface area contributed by atoms with E-state index in [0.29, 0.717) is 17.6 Å². The van der Waals surface area contributed by atoms with Gasteiger partial charge in [0.05, 0.1) is 12.4 Å². The van der Waals surface area contributed by atoms with E-state index in [2.05, 4.69) is 26.1 Å². The number of nitrogens with zero attached hydrogens (tertiary/aromatic N) is 3. The van der Waals surface area contributed by atoms with Gasteiger partial charge in [-0.3, -0.25) is 4.79 Å². The fourth-order valence-electron chi connectivity index (χ4n) is 1.53. The first-order valence-electron chi connectivity index (χ1n) is 5.87. The van der Waals surface area contributed by atoms with Gasteiger partial charge in [-0.2, -0.15) is 0 Å². The van der Waals surface area contributed by atoms with E-state index in [9.17, 15) is 4.79 Å². The number of esters is 1. The lowest BCUT2D eigenvalue weighted by Gasteiger charge is -2.05. The van der Waals surface area contributed by atoms with Gasteiger partial charge in [-0.25, -0.2) is 4.68 Å². The van der Waals surface area contributed by atoms with Crippen LogP contribution in [0.5, 0.6) is 0 Å². The van der Waals surface area contributed by atoms with Crippen molar-refractivity contribution in [3.8, 4) is 11.4 Å². The van der Waals surface area contributed by atoms with Crippen LogP contribution in [0.15, 0.2) is 33.9 Å². The molecule has 2 aromatic rings. The van der Waals surface area contributed by atoms with Crippen molar-refractivity contribution in [1.82, 2.24) is 14.9 Å². The van der Waals surface area contributed by atoms with Crippen LogP contribution in [0.1, 0.15) is 6.92 Å². The number of carbonyl (C=O) groups is 1. The number of ether oxygens (including phenoxy) is 1. The van der Waals surface area contributed by atoms with Crippen LogP contribution in [0.4, 0.5) is 0 Å². The summed E-state index contributed by atoms with van der Waals surface area (Å²) in [6.07, 6.45) is 0. The minimum Gasteiger partial charge on any atom is -0.465 e. The summed E-state index contributed by atoms with van der Waals surface area (Å²) in [6.45, 7) is 2.12. The zero-order valence-electron chi connectivity index (χ0n) is 10.7. The van der Waals surface area contributed by atoms with Crippen LogP contribution in [0, 0.1) is 0 Å². The normalized spacial score (nSPS) is 10.5. The smallest absolute Gasteiger partial charge is 0.316 e. The van der Waals surface area contributed by atoms with Gasteiger partial charge in [-0.1, -0.05) is 39.8 Å². The minimum atomic E-state index is -0.303. The van der Waals surface area contributed by atoms with Crippen LogP contribution in [0.25, 0.3) is 11.4 Å². The van der Waals surface area contributed by atoms with E-state index in [1.54, 1.807) is 6.92 Å². The molecule has 0 aliphatic carbocycles. The number of nitrogen functional groups attached to an aromatic ring is 1. The van der Waals surface area contributed by atoms with E-state index in [4.69, 9.17) is 10.6 Å². The molecule has 0 aliphatic heterocycles. The Morgan fingerprint density at radius 1 is 1.45 bits per heavy atom. The maximum absolute atomic E-state index is 11.3. The number of carbonyl (C=O) groups excluding carboxylic acids is 1. The maximum atomic E-state index is 11.3. The zero-order valence-corrected chi connectivity index (χ0v) is 13.1. The molecule has 1 aromatic carbocycles. The average molecular weight is 357 g/mol. The Morgan fingerprint density at radius 2 is 2.20 bits per heavy atom. The van der Waals surface area contributed by atoms with Crippen molar-refractivity contribution in [2.75, 3.05) is 18.2 Å². The summed E-state index contributed by atoms with van der Waals surface area (Å²) < 4.78 is 7.09. The van der Waals surface area contributed by atoms with Crippen LogP contribution in [0.2, 0.25) is 0 Å². The first kappa shape index (κ1) is 14.9. The van der Waals surface area contributed by atoms with Crippen molar-refractivity contribution in [2.45, 2.75) is 12.1 Å². The van der Waals surface area contributed by atoms with Gasteiger partial charge in [-0.15, -0.1) is 10.2 Å². The Balaban J connectivity index is 2.15. The molecule has 0 unspecified atom stereocenters. The molecule has 0 atom stereocenters. The number of thioether (sulfide) groups is 1. The molecular formula is C12H13BrN4O2S. The highest BCUT2D eigenvalue weighted by Gasteiger charge is 2.15. The van der Waals surface area contributed by atoms with Gasteiger partial charge in [-0.05, 0) is 19.1 Å². The molecule has 0 bridgehead atoms. The van der Waals surface area contributed by atoms with Gasteiger partial charge in [0.15, 0.2) is 5.82 Å². The second-order valence-electron chi connectivity index (χ2n) is 3.75. The van der Waals surface area contributed by atoms with Crippen molar-refractivity contribution < 1.29 is 9.53 Å². The molecule has 0 saturated carbocycles. The van der Waals surface area contributed by atoms with Crippen molar-refractivity contribution >= 4 is 33.7 Å². The van der Waals surface area contributed by atoms with E-state index in [0.717, 1.165) is 10.0 Å². The predicted molar refractivity (Wildman–Crippen MR) is 80.7 cm³/mol. The topological polar surface area (TPSA) is 83.0 Å². The summed E-state index contributed by atoms with van der Waals surface area (Å²) in [4.78, 5) is 11.3. The highest BCUT2D eigenvalue weighted by atomic mass is 79.9. The number of benzene rings is 1. The lowest BCUT2D eigenvalue weighted by atomic mass is 10.2. The van der Waals surface area contributed by atoms with E-state index in [1.807, 2.05) is 24.3 Å². The molecule has 0 aliphatic rings. The molecule has 1 aromatic heterocycles. The summed E-state index contributed by atoms with van der Waals surface area (Å²) in [6, 6.07) is 7.58. The number of rotatable bonds is 5. The van der Waals surface area contributed by atoms with E-state index < -0.39 is 0 Å². The average Bonchev–Trinajstić information content (AvgIpc) is 2.79. The summed E-state index contributed by atoms with van der Waals surface area (Å²) in [5, 5.41) is 8.51. The number of aromatic nitrogens is 3. The van der Waals surface area contributed by atoms with Crippen molar-refractivity contribution in [3.63, 3.8) is 0 Å². The molecule has 0 saturated heterocycles. The van der Waals surface area contributed by atoms with Crippen LogP contribution in [-0.2, 0) is 9.53 Å². The maximum Gasteiger partial charge on any atom is 0.316 e. The van der Waals surface area contributed by atoms with E-state index in [-0.39, 0.29) is 11.7 Å². The highest BCUT2D eigenvalue weighted by Crippen LogP contribution is 2.27. The monoisotopic (exact) mass is 356 g/mol. The third-order valence-electron chi connectivity index (χ3n) is 2.40. The molecule has 0 amide bonds. The predicted octanol–water partition coefficient (Wildman–Crippen LogP) is 2.08. The second kappa shape index (κ2) is 6.76. The summed E-state index contributed by atoms with van der Waals surface area (Å²) >= 11 is 4.63. The standard InChI is InChI=1S/C12H13BrN4O2S/c1-2-19-10(18)7-20-12-16-15-11(17(12)14)8-5-3-4-6-9(8)13/h3-6H,2,7,14H2,1H3. The molecule has 8 heteroatoms. The number of hydrogen-bond donors (Lipinski definition) is 1. The number of nitrogens with two attached hydrogens (primary N) is 1. The van der Waals surface area contributed by atoms with Gasteiger partial charge >= 0.3 is 5.97 Å². The lowest BCUT2D eigenvalue weighted by molar-refractivity contribution is -0.139. The van der Waals surface area contributed by atoms with Gasteiger partial charge in [0.25, 0.3) is 0 Å². The largest absolute Gasteiger partial charge is 0.465 e. The highest BCUT2D eigenvalue weighted by molar-refractivity contribution is 9.10. The van der Waals surface area contributed by atoms with Crippen LogP contribution in [0.3, 0.4) is 0 Å². The van der Waals surface area contributed by atoms with Crippen molar-refractivity contribution in [3.05, 3.63) is 28.7 Å². The Kier molecular flexibility index (Phi) is 5.02. The fraction of sp³-hybridized carbons (Fsp3) is 0.250. The first-order valence-corrected chi connectivity index (χ1v) is 7.65. The van der Waals surface area contributed by atoms with Crippen molar-refractivity contribution in [2.24, 2.45) is 0 Å². The quantitative estimate of drug-likeness (QED) is 0.501. The van der Waals surface area contributed by atoms with Crippen molar-refractivity contribution in [1.29, 1.82) is 0 Å². The summed E-state index contributed by atoms with van der Waals surface area (Å²) in [5.41, 5.74) is 0.838. The molecule has 0 fully saturated rings. The van der Waals surface area contributed by atoms with Gasteiger partial charge < -0.3 is 10.6 Å². The van der Waals surface area contributed by atoms with Gasteiger partial charge in [0.1, 0.15) is 0 Å². The zero-order chi connectivity index (χ0) is 14.5. The Labute approximate surface area is 128 Å². The minimum absolute atomic E-state index is 0.152. The van der Waals surface area contributed by atoms with Crippen LogP contribution >= 0.6 is 27.7 Å². The van der Waals surface area contributed by atoms with Crippen LogP contribution < -0.4 is 5.84 Å². The third kappa shape index (κ3) is 3.31. The molecule has 106 valence electrons. The molecular weight excluding hydrogens is 344 g/mol. The molecule has 1 heterocycles. The third-order valence-corrected chi connectivity index (χ3v) is 4.01. The Hall–Kier alpha value is -1.54. The fourth-order valence-corrected chi connectivity index (χ4v) is 2.64. The number of hydrogen-bond acceptors (Lipinski definition) is 6. The first-order chi connectivity index (χ1) is 9.63. The molecule has 0 radical (unpaired) electrons. The lowest BCUT2D eigenvalue weighted by Crippen LogP contribution is -2.13. The van der Waals surface area contributed by atoms with Crippen LogP contribution in [-0.4, -0.2) is 33.2 Å². The molecule has 0 spiro atoms. The van der Waals surface area contributed by atoms with Gasteiger partial charge in [0, 0.05) is 10.0 Å². The molecule has 6 nitrogen and oxygen atoms in total. The summed E-state index contributed by atoms with van der Waals surface area (Å²) in [7, 11) is 0. The van der Waals surface area contributed by atoms with E-state index in [1.165, 1.54) is 16.4 Å². The van der Waals surface area contributed by atoms with Gasteiger partial charge in [0.2, 0.25) is 5.16 Å². The Bertz CT molecular complexity index is 617. The molecule has 20 heavy (non-hydrogen) atoms. The number of halogens is 1. The Morgan fingerprint density at radius 3 is 2.90 bits per heavy atom. The molecule has 2 rings (SSSR count).